The van der Waals surface area contributed by atoms with Crippen molar-refractivity contribution in [3.8, 4) is 34.1 Å². The van der Waals surface area contributed by atoms with E-state index in [1.807, 2.05) is 29.1 Å². The van der Waals surface area contributed by atoms with Gasteiger partial charge in [0.2, 0.25) is 0 Å². The molecule has 3 heterocycles. The minimum Gasteiger partial charge on any atom is -0.457 e. The van der Waals surface area contributed by atoms with Crippen LogP contribution in [0, 0.1) is 19.3 Å². The number of nitrogens with zero attached hydrogens (tertiary/aromatic N) is 4. The van der Waals surface area contributed by atoms with Crippen LogP contribution in [0.15, 0.2) is 109 Å². The smallest absolute Gasteiger partial charge is 0.137 e. The molecule has 0 unspecified atom stereocenters. The van der Waals surface area contributed by atoms with Gasteiger partial charge in [0, 0.05) is 40.4 Å². The maximum atomic E-state index is 6.60. The lowest BCUT2D eigenvalue weighted by Crippen LogP contribution is -2.10. The van der Waals surface area contributed by atoms with E-state index in [1.165, 1.54) is 27.5 Å². The number of aromatic nitrogens is 4. The summed E-state index contributed by atoms with van der Waals surface area (Å²) < 4.78 is 10.9. The van der Waals surface area contributed by atoms with Crippen LogP contribution in [-0.4, -0.2) is 19.3 Å². The average molecular weight is 647 g/mol. The van der Waals surface area contributed by atoms with Crippen LogP contribution in [0.2, 0.25) is 0 Å². The van der Waals surface area contributed by atoms with Crippen LogP contribution >= 0.6 is 0 Å². The molecule has 0 saturated carbocycles. The van der Waals surface area contributed by atoms with Gasteiger partial charge in [-0.05, 0) is 103 Å². The minimum absolute atomic E-state index is 0.0368. The Balaban J connectivity index is 1.30. The standard InChI is InChI=1S/C44H46N4O/c1-29-42(32-13-10-9-11-14-32)30(2)48(46-29)34-15-12-16-35(27-34)49-36-18-19-37-38-26-33(44(6,7)8)17-20-39(38)47(40(37)28-36)41-25-31(22-24-45-41)21-23-43(3,4)5/h9-20,22,24-28H,21,23H2,1-8H3. The van der Waals surface area contributed by atoms with E-state index in [2.05, 4.69) is 145 Å². The highest BCUT2D eigenvalue weighted by Gasteiger charge is 2.20. The van der Waals surface area contributed by atoms with Crippen molar-refractivity contribution >= 4 is 21.8 Å². The van der Waals surface area contributed by atoms with Crippen LogP contribution in [-0.2, 0) is 11.8 Å². The van der Waals surface area contributed by atoms with E-state index in [-0.39, 0.29) is 10.8 Å². The monoisotopic (exact) mass is 646 g/mol. The highest BCUT2D eigenvalue weighted by Crippen LogP contribution is 2.38. The second-order valence-corrected chi connectivity index (χ2v) is 15.5. The van der Waals surface area contributed by atoms with Crippen LogP contribution in [0.5, 0.6) is 11.5 Å². The maximum Gasteiger partial charge on any atom is 0.137 e. The largest absolute Gasteiger partial charge is 0.457 e. The zero-order chi connectivity index (χ0) is 34.5. The summed E-state index contributed by atoms with van der Waals surface area (Å²) in [5.41, 5.74) is 10.5. The molecular weight excluding hydrogens is 601 g/mol. The molecule has 0 saturated heterocycles. The molecule has 0 atom stereocenters. The Labute approximate surface area is 290 Å². The molecule has 4 aromatic carbocycles. The molecule has 7 rings (SSSR count). The molecule has 0 aliphatic heterocycles. The van der Waals surface area contributed by atoms with Crippen molar-refractivity contribution in [1.29, 1.82) is 0 Å². The third-order valence-electron chi connectivity index (χ3n) is 9.46. The van der Waals surface area contributed by atoms with Gasteiger partial charge < -0.3 is 4.74 Å². The Morgan fingerprint density at radius 2 is 1.47 bits per heavy atom. The summed E-state index contributed by atoms with van der Waals surface area (Å²) in [6.45, 7) is 17.9. The molecule has 0 aliphatic carbocycles. The van der Waals surface area contributed by atoms with E-state index in [9.17, 15) is 0 Å². The highest BCUT2D eigenvalue weighted by atomic mass is 16.5. The third kappa shape index (κ3) is 6.50. The molecule has 248 valence electrons. The third-order valence-corrected chi connectivity index (χ3v) is 9.46. The number of aryl methyl sites for hydroxylation is 2. The van der Waals surface area contributed by atoms with Gasteiger partial charge in [-0.1, -0.05) is 84.0 Å². The molecule has 5 nitrogen and oxygen atoms in total. The predicted octanol–water partition coefficient (Wildman–Crippen LogP) is 11.7. The van der Waals surface area contributed by atoms with Gasteiger partial charge in [-0.15, -0.1) is 0 Å². The lowest BCUT2D eigenvalue weighted by atomic mass is 9.86. The number of ether oxygens (including phenoxy) is 1. The van der Waals surface area contributed by atoms with E-state index in [1.54, 1.807) is 0 Å². The van der Waals surface area contributed by atoms with Gasteiger partial charge in [0.05, 0.1) is 22.4 Å². The summed E-state index contributed by atoms with van der Waals surface area (Å²) in [6, 6.07) is 36.3. The lowest BCUT2D eigenvalue weighted by molar-refractivity contribution is 0.378. The Kier molecular flexibility index (Phi) is 8.18. The van der Waals surface area contributed by atoms with Crippen LogP contribution in [0.4, 0.5) is 0 Å². The Morgan fingerprint density at radius 3 is 2.22 bits per heavy atom. The first-order valence-electron chi connectivity index (χ1n) is 17.3. The van der Waals surface area contributed by atoms with Crippen LogP contribution in [0.3, 0.4) is 0 Å². The quantitative estimate of drug-likeness (QED) is 0.173. The summed E-state index contributed by atoms with van der Waals surface area (Å²) in [7, 11) is 0. The minimum atomic E-state index is 0.0368. The van der Waals surface area contributed by atoms with Crippen LogP contribution < -0.4 is 4.74 Å². The summed E-state index contributed by atoms with van der Waals surface area (Å²) >= 11 is 0. The van der Waals surface area contributed by atoms with Crippen molar-refractivity contribution in [3.63, 3.8) is 0 Å². The second-order valence-electron chi connectivity index (χ2n) is 15.5. The zero-order valence-corrected chi connectivity index (χ0v) is 30.0. The number of hydrogen-bond donors (Lipinski definition) is 0. The number of pyridine rings is 1. The molecule has 0 amide bonds. The Hall–Kier alpha value is -5.16. The van der Waals surface area contributed by atoms with Crippen molar-refractivity contribution in [2.24, 2.45) is 5.41 Å². The topological polar surface area (TPSA) is 44.9 Å². The summed E-state index contributed by atoms with van der Waals surface area (Å²) in [5.74, 6) is 2.45. The fourth-order valence-corrected chi connectivity index (χ4v) is 6.77. The molecule has 0 bridgehead atoms. The average Bonchev–Trinajstić information content (AvgIpc) is 3.55. The van der Waals surface area contributed by atoms with Crippen molar-refractivity contribution in [2.75, 3.05) is 0 Å². The van der Waals surface area contributed by atoms with Gasteiger partial charge in [0.1, 0.15) is 17.3 Å². The first-order valence-corrected chi connectivity index (χ1v) is 17.3. The molecule has 49 heavy (non-hydrogen) atoms. The Bertz CT molecular complexity index is 2290. The molecule has 0 fully saturated rings. The molecule has 0 aliphatic rings. The Morgan fingerprint density at radius 1 is 0.694 bits per heavy atom. The molecule has 0 N–H and O–H groups in total. The molecule has 7 aromatic rings. The molecule has 0 radical (unpaired) electrons. The second kappa shape index (κ2) is 12.4. The molecule has 5 heteroatoms. The fourth-order valence-electron chi connectivity index (χ4n) is 6.77. The van der Waals surface area contributed by atoms with Crippen LogP contribution in [0.1, 0.15) is 70.5 Å². The SMILES string of the molecule is Cc1nn(-c2cccc(Oc3ccc4c5cc(C(C)(C)C)ccc5n(-c5cc(CCC(C)(C)C)ccn5)c4c3)c2)c(C)c1-c1ccccc1. The van der Waals surface area contributed by atoms with E-state index >= 15 is 0 Å². The van der Waals surface area contributed by atoms with Crippen molar-refractivity contribution in [2.45, 2.75) is 73.6 Å². The fraction of sp³-hybridized carbons (Fsp3) is 0.273. The summed E-state index contributed by atoms with van der Waals surface area (Å²) in [6.07, 6.45) is 4.07. The number of fused-ring (bicyclic) bond motifs is 3. The summed E-state index contributed by atoms with van der Waals surface area (Å²) in [4.78, 5) is 4.91. The van der Waals surface area contributed by atoms with Gasteiger partial charge in [-0.3, -0.25) is 4.57 Å². The predicted molar refractivity (Wildman–Crippen MR) is 204 cm³/mol. The lowest BCUT2D eigenvalue weighted by Gasteiger charge is -2.19. The zero-order valence-electron chi connectivity index (χ0n) is 30.0. The molecule has 3 aromatic heterocycles. The van der Waals surface area contributed by atoms with E-state index in [0.717, 1.165) is 63.8 Å². The van der Waals surface area contributed by atoms with Gasteiger partial charge in [0.15, 0.2) is 0 Å². The van der Waals surface area contributed by atoms with Gasteiger partial charge in [-0.25, -0.2) is 9.67 Å². The van der Waals surface area contributed by atoms with Crippen molar-refractivity contribution in [3.05, 3.63) is 132 Å². The summed E-state index contributed by atoms with van der Waals surface area (Å²) in [5, 5.41) is 7.32. The number of benzene rings is 4. The van der Waals surface area contributed by atoms with Gasteiger partial charge in [0.25, 0.3) is 0 Å². The van der Waals surface area contributed by atoms with E-state index in [4.69, 9.17) is 14.8 Å². The van der Waals surface area contributed by atoms with E-state index < -0.39 is 0 Å². The van der Waals surface area contributed by atoms with Gasteiger partial charge in [-0.2, -0.15) is 5.10 Å². The highest BCUT2D eigenvalue weighted by molar-refractivity contribution is 6.09. The van der Waals surface area contributed by atoms with Crippen LogP contribution in [0.25, 0.3) is 44.4 Å². The normalized spacial score (nSPS) is 12.2. The molecular formula is C44H46N4O. The van der Waals surface area contributed by atoms with Crippen molar-refractivity contribution < 1.29 is 4.74 Å². The van der Waals surface area contributed by atoms with E-state index in [0.29, 0.717) is 0 Å². The first-order chi connectivity index (χ1) is 23.4. The number of rotatable bonds is 7. The van der Waals surface area contributed by atoms with Crippen molar-refractivity contribution in [1.82, 2.24) is 19.3 Å². The number of hydrogen-bond acceptors (Lipinski definition) is 3. The van der Waals surface area contributed by atoms with Gasteiger partial charge >= 0.3 is 0 Å². The molecule has 0 spiro atoms. The maximum absolute atomic E-state index is 6.60. The first kappa shape index (κ1) is 32.4.